The molecule has 1 aromatic carbocycles. The lowest BCUT2D eigenvalue weighted by Crippen LogP contribution is -2.45. The van der Waals surface area contributed by atoms with Gasteiger partial charge in [-0.3, -0.25) is 9.59 Å². The summed E-state index contributed by atoms with van der Waals surface area (Å²) in [5.41, 5.74) is 0.101. The van der Waals surface area contributed by atoms with E-state index in [-0.39, 0.29) is 17.3 Å². The van der Waals surface area contributed by atoms with Gasteiger partial charge in [-0.1, -0.05) is 12.1 Å². The fourth-order valence-electron chi connectivity index (χ4n) is 3.35. The fraction of sp³-hybridized carbons (Fsp3) is 0.400. The standard InChI is InChI=1S/C20H24FN3O3/c1-23-14-15(2-7-18(23)25)19(26)22-10-13-24-11-8-20(27,9-12-24)16-3-5-17(21)6-4-16/h2-7,14,27H,8-13H2,1H3,(H,22,26). The molecule has 0 unspecified atom stereocenters. The van der Waals surface area contributed by atoms with Gasteiger partial charge in [0.15, 0.2) is 0 Å². The van der Waals surface area contributed by atoms with Gasteiger partial charge in [0.05, 0.1) is 11.2 Å². The van der Waals surface area contributed by atoms with Gasteiger partial charge in [0, 0.05) is 45.5 Å². The van der Waals surface area contributed by atoms with Crippen molar-refractivity contribution >= 4 is 5.91 Å². The van der Waals surface area contributed by atoms with Crippen molar-refractivity contribution in [2.75, 3.05) is 26.2 Å². The fourth-order valence-corrected chi connectivity index (χ4v) is 3.35. The summed E-state index contributed by atoms with van der Waals surface area (Å²) in [5.74, 6) is -0.528. The molecule has 7 heteroatoms. The van der Waals surface area contributed by atoms with Crippen LogP contribution in [0.2, 0.25) is 0 Å². The number of hydrogen-bond donors (Lipinski definition) is 2. The molecule has 0 aliphatic carbocycles. The van der Waals surface area contributed by atoms with Crippen molar-refractivity contribution in [3.05, 3.63) is 69.9 Å². The number of piperidine rings is 1. The van der Waals surface area contributed by atoms with E-state index in [1.807, 2.05) is 0 Å². The second-order valence-corrected chi connectivity index (χ2v) is 7.00. The van der Waals surface area contributed by atoms with Crippen LogP contribution in [0.5, 0.6) is 0 Å². The van der Waals surface area contributed by atoms with Gasteiger partial charge in [-0.15, -0.1) is 0 Å². The molecule has 0 atom stereocenters. The normalized spacial score (nSPS) is 16.9. The molecular weight excluding hydrogens is 349 g/mol. The third-order valence-corrected chi connectivity index (χ3v) is 5.13. The number of pyridine rings is 1. The number of aryl methyl sites for hydroxylation is 1. The SMILES string of the molecule is Cn1cc(C(=O)NCCN2CCC(O)(c3ccc(F)cc3)CC2)ccc1=O. The number of carbonyl (C=O) groups is 1. The Morgan fingerprint density at radius 3 is 2.48 bits per heavy atom. The monoisotopic (exact) mass is 373 g/mol. The van der Waals surface area contributed by atoms with E-state index in [0.717, 1.165) is 5.56 Å². The minimum absolute atomic E-state index is 0.159. The van der Waals surface area contributed by atoms with E-state index in [1.54, 1.807) is 19.2 Å². The molecule has 1 amide bonds. The van der Waals surface area contributed by atoms with Crippen molar-refractivity contribution < 1.29 is 14.3 Å². The van der Waals surface area contributed by atoms with Crippen molar-refractivity contribution in [3.63, 3.8) is 0 Å². The van der Waals surface area contributed by atoms with Crippen molar-refractivity contribution in [1.29, 1.82) is 0 Å². The molecule has 144 valence electrons. The summed E-state index contributed by atoms with van der Waals surface area (Å²) in [7, 11) is 1.61. The second kappa shape index (κ2) is 8.02. The summed E-state index contributed by atoms with van der Waals surface area (Å²) < 4.78 is 14.4. The number of halogens is 1. The third kappa shape index (κ3) is 4.61. The van der Waals surface area contributed by atoms with E-state index in [2.05, 4.69) is 10.2 Å². The molecule has 0 radical (unpaired) electrons. The van der Waals surface area contributed by atoms with Gasteiger partial charge in [0.25, 0.3) is 5.91 Å². The molecule has 2 N–H and O–H groups in total. The minimum Gasteiger partial charge on any atom is -0.385 e. The first kappa shape index (κ1) is 19.3. The Hall–Kier alpha value is -2.51. The van der Waals surface area contributed by atoms with Crippen LogP contribution >= 0.6 is 0 Å². The second-order valence-electron chi connectivity index (χ2n) is 7.00. The quantitative estimate of drug-likeness (QED) is 0.827. The van der Waals surface area contributed by atoms with Crippen LogP contribution in [-0.4, -0.2) is 46.7 Å². The highest BCUT2D eigenvalue weighted by Crippen LogP contribution is 2.32. The van der Waals surface area contributed by atoms with Gasteiger partial charge < -0.3 is 19.9 Å². The number of benzene rings is 1. The van der Waals surface area contributed by atoms with Gasteiger partial charge in [0.1, 0.15) is 5.82 Å². The van der Waals surface area contributed by atoms with Gasteiger partial charge in [-0.2, -0.15) is 0 Å². The zero-order chi connectivity index (χ0) is 19.4. The van der Waals surface area contributed by atoms with Crippen LogP contribution < -0.4 is 10.9 Å². The summed E-state index contributed by atoms with van der Waals surface area (Å²) in [6, 6.07) is 8.90. The number of amides is 1. The minimum atomic E-state index is -0.928. The molecule has 1 aliphatic rings. The van der Waals surface area contributed by atoms with E-state index in [9.17, 15) is 19.1 Å². The summed E-state index contributed by atoms with van der Waals surface area (Å²) in [6.07, 6.45) is 2.64. The van der Waals surface area contributed by atoms with Gasteiger partial charge in [-0.05, 0) is 36.6 Å². The first-order chi connectivity index (χ1) is 12.9. The number of rotatable bonds is 5. The highest BCUT2D eigenvalue weighted by Gasteiger charge is 2.33. The van der Waals surface area contributed by atoms with E-state index >= 15 is 0 Å². The third-order valence-electron chi connectivity index (χ3n) is 5.13. The lowest BCUT2D eigenvalue weighted by atomic mass is 9.84. The maximum atomic E-state index is 13.1. The molecule has 0 bridgehead atoms. The molecule has 3 rings (SSSR count). The number of aromatic nitrogens is 1. The number of likely N-dealkylation sites (tertiary alicyclic amines) is 1. The molecule has 1 fully saturated rings. The van der Waals surface area contributed by atoms with E-state index < -0.39 is 5.60 Å². The predicted molar refractivity (Wildman–Crippen MR) is 100.0 cm³/mol. The van der Waals surface area contributed by atoms with Gasteiger partial charge in [-0.25, -0.2) is 4.39 Å². The molecule has 1 saturated heterocycles. The van der Waals surface area contributed by atoms with Crippen molar-refractivity contribution in [2.24, 2.45) is 7.05 Å². The lowest BCUT2D eigenvalue weighted by Gasteiger charge is -2.38. The van der Waals surface area contributed by atoms with Crippen LogP contribution in [0.1, 0.15) is 28.8 Å². The Kier molecular flexibility index (Phi) is 5.72. The smallest absolute Gasteiger partial charge is 0.252 e. The summed E-state index contributed by atoms with van der Waals surface area (Å²) >= 11 is 0. The first-order valence-electron chi connectivity index (χ1n) is 9.03. The Labute approximate surface area is 157 Å². The molecule has 0 spiro atoms. The molecule has 2 heterocycles. The number of carbonyl (C=O) groups excluding carboxylic acids is 1. The Morgan fingerprint density at radius 2 is 1.85 bits per heavy atom. The zero-order valence-electron chi connectivity index (χ0n) is 15.3. The highest BCUT2D eigenvalue weighted by molar-refractivity contribution is 5.93. The van der Waals surface area contributed by atoms with Crippen LogP contribution in [0, 0.1) is 5.82 Å². The van der Waals surface area contributed by atoms with Crippen LogP contribution in [0.3, 0.4) is 0 Å². The Balaban J connectivity index is 1.46. The molecule has 27 heavy (non-hydrogen) atoms. The Morgan fingerprint density at radius 1 is 1.19 bits per heavy atom. The molecular formula is C20H24FN3O3. The van der Waals surface area contributed by atoms with Crippen LogP contribution in [0.15, 0.2) is 47.4 Å². The van der Waals surface area contributed by atoms with Crippen molar-refractivity contribution in [3.8, 4) is 0 Å². The number of aliphatic hydroxyl groups is 1. The van der Waals surface area contributed by atoms with Crippen LogP contribution in [0.25, 0.3) is 0 Å². The molecule has 2 aromatic rings. The molecule has 6 nitrogen and oxygen atoms in total. The maximum absolute atomic E-state index is 13.1. The van der Waals surface area contributed by atoms with Crippen LogP contribution in [-0.2, 0) is 12.6 Å². The summed E-state index contributed by atoms with van der Waals surface area (Å²) in [6.45, 7) is 2.56. The highest BCUT2D eigenvalue weighted by atomic mass is 19.1. The van der Waals surface area contributed by atoms with Gasteiger partial charge in [0.2, 0.25) is 5.56 Å². The van der Waals surface area contributed by atoms with Crippen molar-refractivity contribution in [1.82, 2.24) is 14.8 Å². The molecule has 1 aromatic heterocycles. The maximum Gasteiger partial charge on any atom is 0.252 e. The number of nitrogens with zero attached hydrogens (tertiary/aromatic N) is 2. The van der Waals surface area contributed by atoms with Gasteiger partial charge >= 0.3 is 0 Å². The largest absolute Gasteiger partial charge is 0.385 e. The lowest BCUT2D eigenvalue weighted by molar-refractivity contribution is -0.0255. The first-order valence-corrected chi connectivity index (χ1v) is 9.03. The van der Waals surface area contributed by atoms with Crippen molar-refractivity contribution in [2.45, 2.75) is 18.4 Å². The average Bonchev–Trinajstić information content (AvgIpc) is 2.66. The topological polar surface area (TPSA) is 74.6 Å². The Bertz CT molecular complexity index is 856. The summed E-state index contributed by atoms with van der Waals surface area (Å²) in [4.78, 5) is 25.7. The van der Waals surface area contributed by atoms with E-state index in [0.29, 0.717) is 44.6 Å². The zero-order valence-corrected chi connectivity index (χ0v) is 15.3. The predicted octanol–water partition coefficient (Wildman–Crippen LogP) is 1.24. The average molecular weight is 373 g/mol. The van der Waals surface area contributed by atoms with Crippen LogP contribution in [0.4, 0.5) is 4.39 Å². The van der Waals surface area contributed by atoms with E-state index in [4.69, 9.17) is 0 Å². The van der Waals surface area contributed by atoms with E-state index in [1.165, 1.54) is 35.0 Å². The molecule has 0 saturated carbocycles. The molecule has 1 aliphatic heterocycles. The summed E-state index contributed by atoms with van der Waals surface area (Å²) in [5, 5.41) is 13.7. The number of hydrogen-bond acceptors (Lipinski definition) is 4. The number of nitrogens with one attached hydrogen (secondary N) is 1.